The lowest BCUT2D eigenvalue weighted by Gasteiger charge is -2.31. The van der Waals surface area contributed by atoms with Crippen LogP contribution in [0.5, 0.6) is 5.75 Å². The molecule has 162 valence electrons. The summed E-state index contributed by atoms with van der Waals surface area (Å²) in [6.07, 6.45) is 1.37. The molecule has 0 heterocycles. The highest BCUT2D eigenvalue weighted by Crippen LogP contribution is 2.18. The van der Waals surface area contributed by atoms with E-state index in [2.05, 4.69) is 11.4 Å². The summed E-state index contributed by atoms with van der Waals surface area (Å²) in [5.74, 6) is 0.337. The summed E-state index contributed by atoms with van der Waals surface area (Å²) in [7, 11) is 0. The van der Waals surface area contributed by atoms with Crippen molar-refractivity contribution in [1.82, 2.24) is 10.2 Å². The van der Waals surface area contributed by atoms with Crippen LogP contribution in [-0.2, 0) is 16.1 Å². The third-order valence-electron chi connectivity index (χ3n) is 5.14. The first kappa shape index (κ1) is 23.5. The maximum Gasteiger partial charge on any atom is 0.261 e. The third-order valence-corrected chi connectivity index (χ3v) is 5.14. The number of hydrogen-bond donors (Lipinski definition) is 1. The SMILES string of the molecule is CCC(C)NC(=O)C(CC)N(Cc1ccccc1)C(=O)COc1cc(C)cc(C)c1. The molecule has 2 aromatic rings. The highest BCUT2D eigenvalue weighted by atomic mass is 16.5. The molecule has 2 unspecified atom stereocenters. The Morgan fingerprint density at radius 2 is 1.63 bits per heavy atom. The van der Waals surface area contributed by atoms with E-state index in [0.717, 1.165) is 23.1 Å². The molecule has 0 saturated heterocycles. The van der Waals surface area contributed by atoms with E-state index in [1.165, 1.54) is 0 Å². The molecule has 2 amide bonds. The first-order valence-corrected chi connectivity index (χ1v) is 10.7. The van der Waals surface area contributed by atoms with Gasteiger partial charge in [0.1, 0.15) is 11.8 Å². The highest BCUT2D eigenvalue weighted by molar-refractivity contribution is 5.88. The predicted molar refractivity (Wildman–Crippen MR) is 120 cm³/mol. The average molecular weight is 411 g/mol. The van der Waals surface area contributed by atoms with Crippen LogP contribution in [-0.4, -0.2) is 35.4 Å². The topological polar surface area (TPSA) is 58.6 Å². The van der Waals surface area contributed by atoms with Crippen molar-refractivity contribution < 1.29 is 14.3 Å². The summed E-state index contributed by atoms with van der Waals surface area (Å²) in [6.45, 7) is 10.2. The Bertz CT molecular complexity index is 815. The number of benzene rings is 2. The van der Waals surface area contributed by atoms with Crippen LogP contribution in [0.1, 0.15) is 50.3 Å². The molecule has 0 saturated carbocycles. The van der Waals surface area contributed by atoms with Crippen LogP contribution in [0.25, 0.3) is 0 Å². The second-order valence-corrected chi connectivity index (χ2v) is 7.86. The number of amides is 2. The molecule has 0 aliphatic heterocycles. The van der Waals surface area contributed by atoms with Crippen LogP contribution in [0, 0.1) is 13.8 Å². The van der Waals surface area contributed by atoms with Gasteiger partial charge in [-0.05, 0) is 62.4 Å². The molecule has 0 fully saturated rings. The highest BCUT2D eigenvalue weighted by Gasteiger charge is 2.29. The third kappa shape index (κ3) is 6.90. The number of rotatable bonds is 10. The van der Waals surface area contributed by atoms with Crippen molar-refractivity contribution in [2.75, 3.05) is 6.61 Å². The van der Waals surface area contributed by atoms with E-state index < -0.39 is 6.04 Å². The Hall–Kier alpha value is -2.82. The van der Waals surface area contributed by atoms with Crippen LogP contribution in [0.2, 0.25) is 0 Å². The smallest absolute Gasteiger partial charge is 0.261 e. The fraction of sp³-hybridized carbons (Fsp3) is 0.440. The van der Waals surface area contributed by atoms with Gasteiger partial charge in [-0.25, -0.2) is 0 Å². The van der Waals surface area contributed by atoms with E-state index in [0.29, 0.717) is 18.7 Å². The number of ether oxygens (including phenoxy) is 1. The Morgan fingerprint density at radius 1 is 1.00 bits per heavy atom. The zero-order chi connectivity index (χ0) is 22.1. The number of aryl methyl sites for hydroxylation is 2. The molecule has 0 aliphatic carbocycles. The molecular weight excluding hydrogens is 376 g/mol. The minimum atomic E-state index is -0.547. The molecule has 1 N–H and O–H groups in total. The van der Waals surface area contributed by atoms with Gasteiger partial charge in [-0.1, -0.05) is 50.2 Å². The van der Waals surface area contributed by atoms with Crippen molar-refractivity contribution in [2.24, 2.45) is 0 Å². The van der Waals surface area contributed by atoms with Crippen LogP contribution in [0.15, 0.2) is 48.5 Å². The number of nitrogens with one attached hydrogen (secondary N) is 1. The van der Waals surface area contributed by atoms with E-state index in [-0.39, 0.29) is 24.5 Å². The number of hydrogen-bond acceptors (Lipinski definition) is 3. The lowest BCUT2D eigenvalue weighted by Crippen LogP contribution is -2.51. The molecule has 0 radical (unpaired) electrons. The molecule has 5 heteroatoms. The van der Waals surface area contributed by atoms with Gasteiger partial charge in [0.05, 0.1) is 0 Å². The zero-order valence-corrected chi connectivity index (χ0v) is 18.8. The van der Waals surface area contributed by atoms with Gasteiger partial charge in [0, 0.05) is 12.6 Å². The van der Waals surface area contributed by atoms with E-state index in [9.17, 15) is 9.59 Å². The summed E-state index contributed by atoms with van der Waals surface area (Å²) >= 11 is 0. The second kappa shape index (κ2) is 11.4. The molecule has 2 atom stereocenters. The first-order chi connectivity index (χ1) is 14.3. The van der Waals surface area contributed by atoms with Crippen molar-refractivity contribution in [2.45, 2.75) is 66.1 Å². The largest absolute Gasteiger partial charge is 0.484 e. The first-order valence-electron chi connectivity index (χ1n) is 10.7. The molecule has 2 aromatic carbocycles. The van der Waals surface area contributed by atoms with Crippen molar-refractivity contribution in [3.63, 3.8) is 0 Å². The molecular formula is C25H34N2O3. The minimum absolute atomic E-state index is 0.0618. The van der Waals surface area contributed by atoms with Gasteiger partial charge in [0.15, 0.2) is 6.61 Å². The maximum absolute atomic E-state index is 13.2. The van der Waals surface area contributed by atoms with E-state index >= 15 is 0 Å². The van der Waals surface area contributed by atoms with Gasteiger partial charge in [0.2, 0.25) is 5.91 Å². The fourth-order valence-electron chi connectivity index (χ4n) is 3.38. The van der Waals surface area contributed by atoms with E-state index in [4.69, 9.17) is 4.74 Å². The summed E-state index contributed by atoms with van der Waals surface area (Å²) in [6, 6.07) is 15.1. The van der Waals surface area contributed by atoms with Gasteiger partial charge in [-0.3, -0.25) is 9.59 Å². The summed E-state index contributed by atoms with van der Waals surface area (Å²) in [5, 5.41) is 3.02. The monoisotopic (exact) mass is 410 g/mol. The van der Waals surface area contributed by atoms with Crippen LogP contribution < -0.4 is 10.1 Å². The Morgan fingerprint density at radius 3 is 2.20 bits per heavy atom. The molecule has 30 heavy (non-hydrogen) atoms. The van der Waals surface area contributed by atoms with E-state index in [1.54, 1.807) is 4.90 Å². The van der Waals surface area contributed by atoms with Gasteiger partial charge < -0.3 is 15.0 Å². The molecule has 0 aromatic heterocycles. The Labute approximate surface area is 180 Å². The molecule has 0 spiro atoms. The molecule has 0 bridgehead atoms. The standard InChI is InChI=1S/C25H34N2O3/c1-6-20(5)26-25(29)23(7-2)27(16-21-11-9-8-10-12-21)24(28)17-30-22-14-18(3)13-19(4)15-22/h8-15,20,23H,6-7,16-17H2,1-5H3,(H,26,29). The molecule has 5 nitrogen and oxygen atoms in total. The van der Waals surface area contributed by atoms with Crippen molar-refractivity contribution in [3.05, 3.63) is 65.2 Å². The van der Waals surface area contributed by atoms with Crippen LogP contribution in [0.4, 0.5) is 0 Å². The van der Waals surface area contributed by atoms with Crippen LogP contribution in [0.3, 0.4) is 0 Å². The van der Waals surface area contributed by atoms with Crippen molar-refractivity contribution in [3.8, 4) is 5.75 Å². The molecule has 0 aliphatic rings. The number of carbonyl (C=O) groups is 2. The summed E-state index contributed by atoms with van der Waals surface area (Å²) in [4.78, 5) is 27.7. The number of nitrogens with zero attached hydrogens (tertiary/aromatic N) is 1. The lowest BCUT2D eigenvalue weighted by molar-refractivity contribution is -0.143. The summed E-state index contributed by atoms with van der Waals surface area (Å²) in [5.41, 5.74) is 3.14. The zero-order valence-electron chi connectivity index (χ0n) is 18.8. The Balaban J connectivity index is 2.20. The number of carbonyl (C=O) groups excluding carboxylic acids is 2. The Kier molecular flexibility index (Phi) is 8.90. The van der Waals surface area contributed by atoms with Gasteiger partial charge in [-0.15, -0.1) is 0 Å². The quantitative estimate of drug-likeness (QED) is 0.631. The maximum atomic E-state index is 13.2. The van der Waals surface area contributed by atoms with E-state index in [1.807, 2.05) is 77.1 Å². The van der Waals surface area contributed by atoms with Crippen molar-refractivity contribution >= 4 is 11.8 Å². The normalized spacial score (nSPS) is 12.7. The van der Waals surface area contributed by atoms with Gasteiger partial charge >= 0.3 is 0 Å². The van der Waals surface area contributed by atoms with Crippen LogP contribution >= 0.6 is 0 Å². The average Bonchev–Trinajstić information content (AvgIpc) is 2.71. The van der Waals surface area contributed by atoms with Crippen molar-refractivity contribution in [1.29, 1.82) is 0 Å². The lowest BCUT2D eigenvalue weighted by atomic mass is 10.1. The summed E-state index contributed by atoms with van der Waals surface area (Å²) < 4.78 is 5.80. The second-order valence-electron chi connectivity index (χ2n) is 7.86. The minimum Gasteiger partial charge on any atom is -0.484 e. The molecule has 2 rings (SSSR count). The predicted octanol–water partition coefficient (Wildman–Crippen LogP) is 4.40. The van der Waals surface area contributed by atoms with Gasteiger partial charge in [0.25, 0.3) is 5.91 Å². The fourth-order valence-corrected chi connectivity index (χ4v) is 3.38. The van der Waals surface area contributed by atoms with Gasteiger partial charge in [-0.2, -0.15) is 0 Å².